The molecule has 0 aliphatic carbocycles. The molecule has 78 valence electrons. The van der Waals surface area contributed by atoms with E-state index in [-0.39, 0.29) is 5.69 Å². The predicted molar refractivity (Wildman–Crippen MR) is 46.3 cm³/mol. The van der Waals surface area contributed by atoms with Crippen LogP contribution < -0.4 is 5.32 Å². The number of hydrogen-bond acceptors (Lipinski definition) is 2. The maximum absolute atomic E-state index is 12.2. The molecule has 0 fully saturated rings. The minimum absolute atomic E-state index is 0.252. The summed E-state index contributed by atoms with van der Waals surface area (Å²) in [5.74, 6) is 0. The number of hydrogen-bond donors (Lipinski definition) is 2. The monoisotopic (exact) mass is 205 g/mol. The van der Waals surface area contributed by atoms with Crippen LogP contribution in [-0.4, -0.2) is 17.2 Å². The van der Waals surface area contributed by atoms with Crippen LogP contribution in [0.25, 0.3) is 5.70 Å². The molecule has 0 amide bonds. The summed E-state index contributed by atoms with van der Waals surface area (Å²) in [6, 6.07) is 0.964. The van der Waals surface area contributed by atoms with Crippen molar-refractivity contribution in [2.75, 3.05) is 7.05 Å². The standard InChI is InChI=1S/C8H10F3N3/c1-3-5(12-2)6-4-7(14-13-6)8(9,10)11/h3-4,12H,1-2H3,(H,13,14)/b5-3-. The first-order valence-electron chi connectivity index (χ1n) is 3.96. The fourth-order valence-electron chi connectivity index (χ4n) is 1.03. The molecule has 1 aromatic heterocycles. The number of aromatic nitrogens is 2. The van der Waals surface area contributed by atoms with Crippen molar-refractivity contribution in [1.82, 2.24) is 15.5 Å². The average Bonchev–Trinajstić information content (AvgIpc) is 2.54. The summed E-state index contributed by atoms with van der Waals surface area (Å²) in [6.07, 6.45) is -2.73. The molecule has 0 unspecified atom stereocenters. The molecule has 1 heterocycles. The third-order valence-electron chi connectivity index (χ3n) is 1.72. The number of nitrogens with one attached hydrogen (secondary N) is 2. The zero-order valence-electron chi connectivity index (χ0n) is 7.74. The Bertz CT molecular complexity index is 338. The normalized spacial score (nSPS) is 13.1. The molecule has 0 aliphatic heterocycles. The van der Waals surface area contributed by atoms with Gasteiger partial charge >= 0.3 is 6.18 Å². The van der Waals surface area contributed by atoms with Gasteiger partial charge in [-0.3, -0.25) is 5.10 Å². The van der Waals surface area contributed by atoms with Gasteiger partial charge in [0.1, 0.15) is 11.4 Å². The van der Waals surface area contributed by atoms with Crippen molar-refractivity contribution in [3.8, 4) is 0 Å². The number of nitrogens with zero attached hydrogens (tertiary/aromatic N) is 1. The number of halogens is 3. The molecule has 6 heteroatoms. The zero-order valence-corrected chi connectivity index (χ0v) is 7.74. The van der Waals surface area contributed by atoms with Crippen LogP contribution in [0.3, 0.4) is 0 Å². The maximum atomic E-state index is 12.2. The van der Waals surface area contributed by atoms with E-state index >= 15 is 0 Å². The predicted octanol–water partition coefficient (Wildman–Crippen LogP) is 2.01. The fourth-order valence-corrected chi connectivity index (χ4v) is 1.03. The van der Waals surface area contributed by atoms with E-state index in [1.807, 2.05) is 5.10 Å². The summed E-state index contributed by atoms with van der Waals surface area (Å²) in [4.78, 5) is 0. The lowest BCUT2D eigenvalue weighted by atomic mass is 10.2. The molecule has 0 spiro atoms. The average molecular weight is 205 g/mol. The molecule has 0 saturated heterocycles. The molecule has 0 bridgehead atoms. The summed E-state index contributed by atoms with van der Waals surface area (Å²) in [5.41, 5.74) is -0.0406. The molecule has 3 nitrogen and oxygen atoms in total. The Kier molecular flexibility index (Phi) is 2.83. The molecule has 0 saturated carbocycles. The van der Waals surface area contributed by atoms with Crippen molar-refractivity contribution in [2.45, 2.75) is 13.1 Å². The van der Waals surface area contributed by atoms with Gasteiger partial charge in [0.05, 0.1) is 5.70 Å². The summed E-state index contributed by atoms with van der Waals surface area (Å²) in [5, 5.41) is 8.23. The highest BCUT2D eigenvalue weighted by atomic mass is 19.4. The molecule has 1 aromatic rings. The van der Waals surface area contributed by atoms with E-state index in [9.17, 15) is 13.2 Å². The summed E-state index contributed by atoms with van der Waals surface area (Å²) < 4.78 is 36.5. The van der Waals surface area contributed by atoms with E-state index in [4.69, 9.17) is 0 Å². The minimum atomic E-state index is -4.38. The second-order valence-corrected chi connectivity index (χ2v) is 2.62. The van der Waals surface area contributed by atoms with E-state index in [0.717, 1.165) is 6.07 Å². The summed E-state index contributed by atoms with van der Waals surface area (Å²) in [6.45, 7) is 1.72. The first-order valence-corrected chi connectivity index (χ1v) is 3.96. The Labute approximate surface area is 79.0 Å². The first-order chi connectivity index (χ1) is 6.49. The smallest absolute Gasteiger partial charge is 0.387 e. The van der Waals surface area contributed by atoms with Crippen molar-refractivity contribution in [1.29, 1.82) is 0 Å². The van der Waals surface area contributed by atoms with Crippen molar-refractivity contribution < 1.29 is 13.2 Å². The fraction of sp³-hybridized carbons (Fsp3) is 0.375. The second kappa shape index (κ2) is 3.73. The summed E-state index contributed by atoms with van der Waals surface area (Å²) >= 11 is 0. The molecule has 0 radical (unpaired) electrons. The molecule has 14 heavy (non-hydrogen) atoms. The number of alkyl halides is 3. The Morgan fingerprint density at radius 1 is 1.57 bits per heavy atom. The SMILES string of the molecule is C/C=C(\NC)c1cc(C(F)(F)F)[nH]n1. The van der Waals surface area contributed by atoms with Crippen molar-refractivity contribution >= 4 is 5.70 Å². The Morgan fingerprint density at radius 3 is 2.57 bits per heavy atom. The van der Waals surface area contributed by atoms with Gasteiger partial charge in [-0.15, -0.1) is 0 Å². The van der Waals surface area contributed by atoms with Crippen LogP contribution in [0.2, 0.25) is 0 Å². The van der Waals surface area contributed by atoms with Crippen molar-refractivity contribution in [2.24, 2.45) is 0 Å². The number of allylic oxidation sites excluding steroid dienone is 1. The van der Waals surface area contributed by atoms with Crippen LogP contribution in [0.1, 0.15) is 18.3 Å². The Morgan fingerprint density at radius 2 is 2.21 bits per heavy atom. The van der Waals surface area contributed by atoms with Gasteiger partial charge in [-0.05, 0) is 13.0 Å². The number of H-pyrrole nitrogens is 1. The van der Waals surface area contributed by atoms with Gasteiger partial charge in [-0.25, -0.2) is 0 Å². The number of aromatic amines is 1. The Hall–Kier alpha value is -1.46. The van der Waals surface area contributed by atoms with Crippen LogP contribution in [0.4, 0.5) is 13.2 Å². The largest absolute Gasteiger partial charge is 0.432 e. The van der Waals surface area contributed by atoms with Crippen LogP contribution in [0.5, 0.6) is 0 Å². The quantitative estimate of drug-likeness (QED) is 0.775. The van der Waals surface area contributed by atoms with E-state index in [0.29, 0.717) is 5.70 Å². The molecule has 1 rings (SSSR count). The second-order valence-electron chi connectivity index (χ2n) is 2.62. The van der Waals surface area contributed by atoms with Crippen LogP contribution in [0.15, 0.2) is 12.1 Å². The van der Waals surface area contributed by atoms with Gasteiger partial charge in [0.15, 0.2) is 0 Å². The molecule has 0 atom stereocenters. The highest BCUT2D eigenvalue weighted by molar-refractivity contribution is 5.60. The van der Waals surface area contributed by atoms with Gasteiger partial charge in [0, 0.05) is 7.05 Å². The van der Waals surface area contributed by atoms with Gasteiger partial charge in [-0.2, -0.15) is 18.3 Å². The molecular formula is C8H10F3N3. The van der Waals surface area contributed by atoms with Gasteiger partial charge in [-0.1, -0.05) is 6.08 Å². The van der Waals surface area contributed by atoms with Gasteiger partial charge < -0.3 is 5.32 Å². The highest BCUT2D eigenvalue weighted by Crippen LogP contribution is 2.28. The lowest BCUT2D eigenvalue weighted by Crippen LogP contribution is -2.05. The van der Waals surface area contributed by atoms with Gasteiger partial charge in [0.25, 0.3) is 0 Å². The van der Waals surface area contributed by atoms with Crippen molar-refractivity contribution in [3.05, 3.63) is 23.5 Å². The third kappa shape index (κ3) is 2.07. The van der Waals surface area contributed by atoms with E-state index in [2.05, 4.69) is 10.4 Å². The highest BCUT2D eigenvalue weighted by Gasteiger charge is 2.33. The maximum Gasteiger partial charge on any atom is 0.432 e. The third-order valence-corrected chi connectivity index (χ3v) is 1.72. The molecule has 0 aromatic carbocycles. The molecular weight excluding hydrogens is 195 g/mol. The lowest BCUT2D eigenvalue weighted by Gasteiger charge is -2.01. The first kappa shape index (κ1) is 10.6. The minimum Gasteiger partial charge on any atom is -0.387 e. The van der Waals surface area contributed by atoms with Crippen molar-refractivity contribution in [3.63, 3.8) is 0 Å². The van der Waals surface area contributed by atoms with E-state index < -0.39 is 11.9 Å². The topological polar surface area (TPSA) is 40.7 Å². The summed E-state index contributed by atoms with van der Waals surface area (Å²) in [7, 11) is 1.62. The van der Waals surface area contributed by atoms with Crippen LogP contribution in [-0.2, 0) is 6.18 Å². The van der Waals surface area contributed by atoms with Crippen LogP contribution in [0, 0.1) is 0 Å². The molecule has 0 aliphatic rings. The van der Waals surface area contributed by atoms with E-state index in [1.54, 1.807) is 20.0 Å². The van der Waals surface area contributed by atoms with E-state index in [1.165, 1.54) is 0 Å². The number of rotatable bonds is 2. The lowest BCUT2D eigenvalue weighted by molar-refractivity contribution is -0.141. The molecule has 2 N–H and O–H groups in total. The Balaban J connectivity index is 2.99. The van der Waals surface area contributed by atoms with Gasteiger partial charge in [0.2, 0.25) is 0 Å². The van der Waals surface area contributed by atoms with Crippen LogP contribution >= 0.6 is 0 Å². The zero-order chi connectivity index (χ0) is 10.8.